The number of rotatable bonds is 4. The van der Waals surface area contributed by atoms with Crippen molar-refractivity contribution in [2.75, 3.05) is 5.73 Å². The zero-order chi connectivity index (χ0) is 25.1. The summed E-state index contributed by atoms with van der Waals surface area (Å²) in [6.07, 6.45) is 0. The van der Waals surface area contributed by atoms with E-state index in [-0.39, 0.29) is 11.6 Å². The predicted molar refractivity (Wildman–Crippen MR) is 143 cm³/mol. The molecular formula is C31H33NO2. The number of carbonyl (C=O) groups is 2. The van der Waals surface area contributed by atoms with Gasteiger partial charge in [-0.25, -0.2) is 0 Å². The molecule has 0 saturated carbocycles. The molecule has 4 aromatic carbocycles. The monoisotopic (exact) mass is 451 g/mol. The van der Waals surface area contributed by atoms with Crippen molar-refractivity contribution < 1.29 is 9.59 Å². The normalized spacial score (nSPS) is 9.68. The highest BCUT2D eigenvalue weighted by Crippen LogP contribution is 2.13. The number of hydrogen-bond acceptors (Lipinski definition) is 3. The lowest BCUT2D eigenvalue weighted by Crippen LogP contribution is -2.01. The van der Waals surface area contributed by atoms with E-state index in [0.29, 0.717) is 16.8 Å². The highest BCUT2D eigenvalue weighted by molar-refractivity contribution is 6.09. The summed E-state index contributed by atoms with van der Waals surface area (Å²) in [5.41, 5.74) is 12.6. The third-order valence-electron chi connectivity index (χ3n) is 5.11. The van der Waals surface area contributed by atoms with Gasteiger partial charge in [0.2, 0.25) is 0 Å². The van der Waals surface area contributed by atoms with Crippen LogP contribution in [-0.4, -0.2) is 11.6 Å². The lowest BCUT2D eigenvalue weighted by atomic mass is 10.0. The van der Waals surface area contributed by atoms with Crippen LogP contribution in [0.15, 0.2) is 97.1 Å². The summed E-state index contributed by atoms with van der Waals surface area (Å²) in [6.45, 7) is 10.0. The van der Waals surface area contributed by atoms with Crippen molar-refractivity contribution in [1.82, 2.24) is 0 Å². The lowest BCUT2D eigenvalue weighted by Gasteiger charge is -2.02. The first-order valence-corrected chi connectivity index (χ1v) is 11.5. The standard InChI is InChI=1S/C15H14O.C14H13NO.C2H6/c1-11-3-7-13(8-4-11)15(16)14-9-5-12(2)6-10-14;1-10-2-4-11(5-3-10)14(16)12-6-8-13(15)9-7-12;1-2/h3-10H,1-2H3;2-9H,15H2,1H3;1-2H3. The van der Waals surface area contributed by atoms with Crippen LogP contribution in [0.3, 0.4) is 0 Å². The fourth-order valence-corrected chi connectivity index (χ4v) is 3.08. The van der Waals surface area contributed by atoms with E-state index < -0.39 is 0 Å². The molecule has 0 radical (unpaired) electrons. The number of benzene rings is 4. The Balaban J connectivity index is 0.000000224. The van der Waals surface area contributed by atoms with Crippen LogP contribution >= 0.6 is 0 Å². The SMILES string of the molecule is CC.Cc1ccc(C(=O)c2ccc(C)cc2)cc1.Cc1ccc(C(=O)c2ccc(N)cc2)cc1. The summed E-state index contributed by atoms with van der Waals surface area (Å²) in [5, 5.41) is 0. The average Bonchev–Trinajstić information content (AvgIpc) is 2.87. The molecule has 0 unspecified atom stereocenters. The van der Waals surface area contributed by atoms with Gasteiger partial charge in [-0.05, 0) is 45.0 Å². The molecule has 0 atom stereocenters. The van der Waals surface area contributed by atoms with Gasteiger partial charge in [-0.1, -0.05) is 103 Å². The van der Waals surface area contributed by atoms with E-state index in [1.54, 1.807) is 24.3 Å². The first-order valence-electron chi connectivity index (χ1n) is 11.5. The second kappa shape index (κ2) is 12.9. The molecular weight excluding hydrogens is 418 g/mol. The Morgan fingerprint density at radius 3 is 0.882 bits per heavy atom. The van der Waals surface area contributed by atoms with E-state index in [9.17, 15) is 9.59 Å². The highest BCUT2D eigenvalue weighted by atomic mass is 16.1. The smallest absolute Gasteiger partial charge is 0.193 e. The molecule has 0 aliphatic heterocycles. The van der Waals surface area contributed by atoms with Crippen molar-refractivity contribution in [3.05, 3.63) is 136 Å². The van der Waals surface area contributed by atoms with Gasteiger partial charge in [-0.15, -0.1) is 0 Å². The Bertz CT molecular complexity index is 995. The van der Waals surface area contributed by atoms with Gasteiger partial charge in [0, 0.05) is 27.9 Å². The van der Waals surface area contributed by atoms with E-state index in [4.69, 9.17) is 5.73 Å². The molecule has 0 saturated heterocycles. The molecule has 2 N–H and O–H groups in total. The Morgan fingerprint density at radius 2 is 0.647 bits per heavy atom. The largest absolute Gasteiger partial charge is 0.399 e. The fraction of sp³-hybridized carbons (Fsp3) is 0.161. The number of aryl methyl sites for hydroxylation is 3. The maximum absolute atomic E-state index is 12.1. The number of anilines is 1. The minimum absolute atomic E-state index is 0.0278. The molecule has 0 fully saturated rings. The summed E-state index contributed by atoms with van der Waals surface area (Å²) in [6, 6.07) is 29.9. The van der Waals surface area contributed by atoms with Crippen LogP contribution in [0.2, 0.25) is 0 Å². The number of carbonyl (C=O) groups excluding carboxylic acids is 2. The molecule has 0 bridgehead atoms. The fourth-order valence-electron chi connectivity index (χ4n) is 3.08. The van der Waals surface area contributed by atoms with E-state index >= 15 is 0 Å². The molecule has 3 nitrogen and oxygen atoms in total. The first kappa shape index (κ1) is 26.3. The summed E-state index contributed by atoms with van der Waals surface area (Å²) < 4.78 is 0. The molecule has 174 valence electrons. The summed E-state index contributed by atoms with van der Waals surface area (Å²) in [7, 11) is 0. The van der Waals surface area contributed by atoms with Gasteiger partial charge >= 0.3 is 0 Å². The Labute approximate surface area is 203 Å². The topological polar surface area (TPSA) is 60.2 Å². The van der Waals surface area contributed by atoms with Crippen molar-refractivity contribution in [3.63, 3.8) is 0 Å². The molecule has 34 heavy (non-hydrogen) atoms. The molecule has 0 aliphatic rings. The van der Waals surface area contributed by atoms with E-state index in [0.717, 1.165) is 16.7 Å². The molecule has 0 spiro atoms. The molecule has 3 heteroatoms. The third kappa shape index (κ3) is 7.56. The minimum atomic E-state index is 0.0278. The summed E-state index contributed by atoms with van der Waals surface area (Å²) in [4.78, 5) is 24.1. The molecule has 0 aromatic heterocycles. The second-order valence-corrected chi connectivity index (χ2v) is 7.88. The number of nitrogens with two attached hydrogens (primary N) is 1. The average molecular weight is 452 g/mol. The van der Waals surface area contributed by atoms with Gasteiger partial charge in [0.1, 0.15) is 0 Å². The van der Waals surface area contributed by atoms with Gasteiger partial charge in [-0.2, -0.15) is 0 Å². The molecule has 4 aromatic rings. The number of ketones is 2. The van der Waals surface area contributed by atoms with Gasteiger partial charge in [0.05, 0.1) is 0 Å². The van der Waals surface area contributed by atoms with Gasteiger partial charge in [-0.3, -0.25) is 9.59 Å². The van der Waals surface area contributed by atoms with Crippen molar-refractivity contribution in [3.8, 4) is 0 Å². The van der Waals surface area contributed by atoms with Gasteiger partial charge in [0.25, 0.3) is 0 Å². The van der Waals surface area contributed by atoms with Crippen LogP contribution in [0.4, 0.5) is 5.69 Å². The molecule has 4 rings (SSSR count). The Morgan fingerprint density at radius 1 is 0.441 bits per heavy atom. The first-order chi connectivity index (χ1) is 16.3. The number of hydrogen-bond donors (Lipinski definition) is 1. The van der Waals surface area contributed by atoms with Crippen LogP contribution in [0, 0.1) is 20.8 Å². The maximum Gasteiger partial charge on any atom is 0.193 e. The maximum atomic E-state index is 12.1. The summed E-state index contributed by atoms with van der Waals surface area (Å²) >= 11 is 0. The number of nitrogen functional groups attached to an aromatic ring is 1. The van der Waals surface area contributed by atoms with Crippen LogP contribution in [0.25, 0.3) is 0 Å². The van der Waals surface area contributed by atoms with Crippen LogP contribution in [0.1, 0.15) is 62.4 Å². The van der Waals surface area contributed by atoms with E-state index in [1.165, 1.54) is 11.1 Å². The third-order valence-corrected chi connectivity index (χ3v) is 5.11. The van der Waals surface area contributed by atoms with Gasteiger partial charge < -0.3 is 5.73 Å². The van der Waals surface area contributed by atoms with E-state index in [1.807, 2.05) is 107 Å². The van der Waals surface area contributed by atoms with Crippen molar-refractivity contribution >= 4 is 17.3 Å². The van der Waals surface area contributed by atoms with E-state index in [2.05, 4.69) is 0 Å². The Kier molecular flexibility index (Phi) is 9.97. The molecule has 0 heterocycles. The lowest BCUT2D eigenvalue weighted by molar-refractivity contribution is 0.103. The minimum Gasteiger partial charge on any atom is -0.399 e. The van der Waals surface area contributed by atoms with Crippen LogP contribution < -0.4 is 5.73 Å². The zero-order valence-corrected chi connectivity index (χ0v) is 20.6. The highest BCUT2D eigenvalue weighted by Gasteiger charge is 2.08. The summed E-state index contributed by atoms with van der Waals surface area (Å²) in [5.74, 6) is 0.111. The molecule has 0 amide bonds. The van der Waals surface area contributed by atoms with Gasteiger partial charge in [0.15, 0.2) is 11.6 Å². The second-order valence-electron chi connectivity index (χ2n) is 7.88. The zero-order valence-electron chi connectivity index (χ0n) is 20.6. The van der Waals surface area contributed by atoms with Crippen molar-refractivity contribution in [2.45, 2.75) is 34.6 Å². The van der Waals surface area contributed by atoms with Crippen molar-refractivity contribution in [2.24, 2.45) is 0 Å². The predicted octanol–water partition coefficient (Wildman–Crippen LogP) is 7.37. The van der Waals surface area contributed by atoms with Crippen LogP contribution in [0.5, 0.6) is 0 Å². The van der Waals surface area contributed by atoms with Crippen LogP contribution in [-0.2, 0) is 0 Å². The Hall–Kier alpha value is -3.98. The molecule has 0 aliphatic carbocycles. The van der Waals surface area contributed by atoms with Crippen molar-refractivity contribution in [1.29, 1.82) is 0 Å². The quantitative estimate of drug-likeness (QED) is 0.260.